The van der Waals surface area contributed by atoms with E-state index in [0.717, 1.165) is 24.6 Å². The Balaban J connectivity index is 2.40. The van der Waals surface area contributed by atoms with E-state index in [4.69, 9.17) is 8.92 Å². The fourth-order valence-corrected chi connectivity index (χ4v) is 5.13. The third kappa shape index (κ3) is 9.27. The van der Waals surface area contributed by atoms with Crippen LogP contribution < -0.4 is 10.2 Å². The number of alkyl halides is 1. The van der Waals surface area contributed by atoms with Crippen molar-refractivity contribution in [3.63, 3.8) is 0 Å². The number of morpholine rings is 1. The first-order valence-electron chi connectivity index (χ1n) is 10.6. The Morgan fingerprint density at radius 1 is 1.23 bits per heavy atom. The quantitative estimate of drug-likeness (QED) is 0.142. The summed E-state index contributed by atoms with van der Waals surface area (Å²) in [6.45, 7) is 3.23. The minimum atomic E-state index is -3.95. The highest BCUT2D eigenvalue weighted by Gasteiger charge is 2.29. The molecule has 198 valence electrons. The minimum absolute atomic E-state index is 0.0352. The minimum Gasteiger partial charge on any atom is -0.379 e. The second-order valence-corrected chi connectivity index (χ2v) is 12.2. The predicted molar refractivity (Wildman–Crippen MR) is 133 cm³/mol. The van der Waals surface area contributed by atoms with Gasteiger partial charge in [0.25, 0.3) is 21.7 Å². The topological polar surface area (TPSA) is 165 Å². The summed E-state index contributed by atoms with van der Waals surface area (Å²) in [5.74, 6) is -0.725. The molecule has 0 atom stereocenters. The van der Waals surface area contributed by atoms with Crippen LogP contribution >= 0.6 is 15.9 Å². The summed E-state index contributed by atoms with van der Waals surface area (Å²) in [7, 11) is -7.69. The maximum Gasteiger partial charge on any atom is 0.283 e. The van der Waals surface area contributed by atoms with E-state index in [2.05, 4.69) is 26.1 Å². The van der Waals surface area contributed by atoms with Crippen molar-refractivity contribution in [3.05, 3.63) is 27.8 Å². The van der Waals surface area contributed by atoms with Crippen LogP contribution in [0.3, 0.4) is 0 Å². The molecule has 1 fully saturated rings. The van der Waals surface area contributed by atoms with Gasteiger partial charge in [-0.25, -0.2) is 8.42 Å². The second kappa shape index (κ2) is 12.9. The monoisotopic (exact) mass is 600 g/mol. The molecule has 0 aliphatic carbocycles. The van der Waals surface area contributed by atoms with Crippen LogP contribution in [0.25, 0.3) is 0 Å². The number of rotatable bonds is 13. The number of hydrogen-bond acceptors (Lipinski definition) is 11. The van der Waals surface area contributed by atoms with E-state index in [9.17, 15) is 31.7 Å². The van der Waals surface area contributed by atoms with Crippen LogP contribution in [0.2, 0.25) is 0 Å². The van der Waals surface area contributed by atoms with Gasteiger partial charge >= 0.3 is 0 Å². The molecular formula is C19H29BrN4O9S2. The van der Waals surface area contributed by atoms with E-state index in [1.807, 2.05) is 0 Å². The van der Waals surface area contributed by atoms with Crippen molar-refractivity contribution < 1.29 is 35.5 Å². The average molecular weight is 601 g/mol. The summed E-state index contributed by atoms with van der Waals surface area (Å²) < 4.78 is 57.7. The Morgan fingerprint density at radius 2 is 1.89 bits per heavy atom. The van der Waals surface area contributed by atoms with Crippen LogP contribution in [0.5, 0.6) is 0 Å². The van der Waals surface area contributed by atoms with Gasteiger partial charge < -0.3 is 15.0 Å². The van der Waals surface area contributed by atoms with Crippen molar-refractivity contribution in [2.45, 2.75) is 4.90 Å². The molecule has 1 aromatic rings. The molecule has 0 bridgehead atoms. The zero-order valence-electron chi connectivity index (χ0n) is 19.4. The summed E-state index contributed by atoms with van der Waals surface area (Å²) in [4.78, 5) is 27.0. The normalized spacial score (nSPS) is 15.1. The summed E-state index contributed by atoms with van der Waals surface area (Å²) in [5.41, 5.74) is -0.916. The molecule has 0 spiro atoms. The molecule has 0 saturated carbocycles. The molecule has 1 aromatic carbocycles. The van der Waals surface area contributed by atoms with Gasteiger partial charge in [0.1, 0.15) is 5.56 Å². The number of nitrogens with one attached hydrogen (secondary N) is 1. The lowest BCUT2D eigenvalue weighted by Gasteiger charge is -2.27. The lowest BCUT2D eigenvalue weighted by Crippen LogP contribution is -2.41. The predicted octanol–water partition coefficient (Wildman–Crippen LogP) is 0.238. The van der Waals surface area contributed by atoms with Crippen LogP contribution in [0, 0.1) is 10.1 Å². The Labute approximate surface area is 213 Å². The zero-order valence-corrected chi connectivity index (χ0v) is 22.7. The SMILES string of the molecule is CS(=O)(=O)OCCN(CCBr)c1cc(C(=O)NCCN2CCOCC2)c([N+](=O)[O-])cc1S(C)(=O)=O. The van der Waals surface area contributed by atoms with Crippen molar-refractivity contribution in [2.75, 3.05) is 81.8 Å². The average Bonchev–Trinajstić information content (AvgIpc) is 2.76. The van der Waals surface area contributed by atoms with Gasteiger partial charge in [-0.1, -0.05) is 15.9 Å². The number of amides is 1. The van der Waals surface area contributed by atoms with Gasteiger partial charge in [0.2, 0.25) is 0 Å². The lowest BCUT2D eigenvalue weighted by atomic mass is 10.1. The number of anilines is 1. The number of nitro benzene ring substituents is 1. The van der Waals surface area contributed by atoms with Crippen molar-refractivity contribution in [1.29, 1.82) is 0 Å². The first-order chi connectivity index (χ1) is 16.3. The number of carbonyl (C=O) groups excluding carboxylic acids is 1. The van der Waals surface area contributed by atoms with Gasteiger partial charge in [0.05, 0.1) is 41.6 Å². The van der Waals surface area contributed by atoms with Crippen molar-refractivity contribution in [1.82, 2.24) is 10.2 Å². The van der Waals surface area contributed by atoms with Gasteiger partial charge in [-0.05, 0) is 6.07 Å². The number of benzene rings is 1. The first kappa shape index (κ1) is 29.4. The van der Waals surface area contributed by atoms with Crippen LogP contribution in [0.4, 0.5) is 11.4 Å². The highest BCUT2D eigenvalue weighted by molar-refractivity contribution is 9.09. The van der Waals surface area contributed by atoms with E-state index < -0.39 is 36.5 Å². The Hall–Kier alpha value is -1.85. The third-order valence-electron chi connectivity index (χ3n) is 5.09. The van der Waals surface area contributed by atoms with E-state index in [1.165, 1.54) is 4.90 Å². The Kier molecular flexibility index (Phi) is 10.8. The summed E-state index contributed by atoms with van der Waals surface area (Å²) in [5, 5.41) is 14.7. The van der Waals surface area contributed by atoms with Gasteiger partial charge in [0, 0.05) is 56.9 Å². The molecule has 16 heteroatoms. The summed E-state index contributed by atoms with van der Waals surface area (Å²) in [6, 6.07) is 2.02. The molecule has 2 rings (SSSR count). The van der Waals surface area contributed by atoms with Crippen LogP contribution in [0.1, 0.15) is 10.4 Å². The molecule has 1 heterocycles. The fraction of sp³-hybridized carbons (Fsp3) is 0.632. The summed E-state index contributed by atoms with van der Waals surface area (Å²) in [6.07, 6.45) is 1.78. The van der Waals surface area contributed by atoms with E-state index >= 15 is 0 Å². The van der Waals surface area contributed by atoms with Crippen LogP contribution in [0.15, 0.2) is 17.0 Å². The van der Waals surface area contributed by atoms with Crippen molar-refractivity contribution in [2.24, 2.45) is 0 Å². The summed E-state index contributed by atoms with van der Waals surface area (Å²) >= 11 is 3.26. The number of nitrogens with zero attached hydrogens (tertiary/aromatic N) is 3. The Bertz CT molecular complexity index is 1120. The number of hydrogen-bond donors (Lipinski definition) is 1. The molecule has 0 aromatic heterocycles. The zero-order chi connectivity index (χ0) is 26.2. The fourth-order valence-electron chi connectivity index (χ4n) is 3.44. The van der Waals surface area contributed by atoms with Crippen molar-refractivity contribution in [3.8, 4) is 0 Å². The van der Waals surface area contributed by atoms with E-state index in [-0.39, 0.29) is 42.4 Å². The van der Waals surface area contributed by atoms with Gasteiger partial charge in [-0.2, -0.15) is 8.42 Å². The van der Waals surface area contributed by atoms with E-state index in [1.54, 1.807) is 0 Å². The first-order valence-corrected chi connectivity index (χ1v) is 15.4. The van der Waals surface area contributed by atoms with Crippen LogP contribution in [-0.4, -0.2) is 109 Å². The van der Waals surface area contributed by atoms with E-state index in [0.29, 0.717) is 38.2 Å². The molecule has 1 aliphatic rings. The number of carbonyl (C=O) groups is 1. The Morgan fingerprint density at radius 3 is 2.43 bits per heavy atom. The number of ether oxygens (including phenoxy) is 1. The maximum atomic E-state index is 12.9. The maximum absolute atomic E-state index is 12.9. The molecule has 13 nitrogen and oxygen atoms in total. The largest absolute Gasteiger partial charge is 0.379 e. The smallest absolute Gasteiger partial charge is 0.283 e. The highest BCUT2D eigenvalue weighted by Crippen LogP contribution is 2.33. The molecule has 1 amide bonds. The molecule has 1 aliphatic heterocycles. The molecule has 1 N–H and O–H groups in total. The standard InChI is InChI=1S/C19H29BrN4O9S2/c1-34(28,29)18-14-16(24(26)27)15(19(25)21-4-6-22-7-10-32-11-8-22)13-17(18)23(5-3-20)9-12-33-35(2,30)31/h13-14H,3-12H2,1-2H3,(H,21,25). The van der Waals surface area contributed by atoms with Gasteiger partial charge in [-0.15, -0.1) is 0 Å². The number of sulfone groups is 1. The number of halogens is 1. The van der Waals surface area contributed by atoms with Crippen molar-refractivity contribution >= 4 is 53.2 Å². The number of nitro groups is 1. The molecule has 0 unspecified atom stereocenters. The lowest BCUT2D eigenvalue weighted by molar-refractivity contribution is -0.385. The highest BCUT2D eigenvalue weighted by atomic mass is 79.9. The molecule has 35 heavy (non-hydrogen) atoms. The van der Waals surface area contributed by atoms with Gasteiger partial charge in [0.15, 0.2) is 9.84 Å². The molecular weight excluding hydrogens is 572 g/mol. The van der Waals surface area contributed by atoms with Crippen LogP contribution in [-0.2, 0) is 28.9 Å². The third-order valence-corrected chi connectivity index (χ3v) is 7.16. The molecule has 1 saturated heterocycles. The van der Waals surface area contributed by atoms with Gasteiger partial charge in [-0.3, -0.25) is 24.0 Å². The molecule has 0 radical (unpaired) electrons. The second-order valence-electron chi connectivity index (χ2n) is 7.78.